The van der Waals surface area contributed by atoms with Crippen LogP contribution >= 0.6 is 0 Å². The molecule has 0 bridgehead atoms. The molecule has 3 heterocycles. The normalized spacial score (nSPS) is 19.2. The summed E-state index contributed by atoms with van der Waals surface area (Å²) < 4.78 is 7.04. The standard InChI is InChI=1S/C13H15N3O2/c17-13-8-11(14-9-10-4-3-7-18-10)15-12-5-1-2-6-16(12)13/h1-2,5-6,8,10,14H,3-4,7,9H2. The van der Waals surface area contributed by atoms with Crippen LogP contribution in [0.4, 0.5) is 5.82 Å². The number of rotatable bonds is 3. The van der Waals surface area contributed by atoms with Crippen molar-refractivity contribution in [3.8, 4) is 0 Å². The largest absolute Gasteiger partial charge is 0.376 e. The van der Waals surface area contributed by atoms with Gasteiger partial charge in [-0.15, -0.1) is 0 Å². The maximum Gasteiger partial charge on any atom is 0.259 e. The monoisotopic (exact) mass is 245 g/mol. The van der Waals surface area contributed by atoms with Crippen LogP contribution in [0.25, 0.3) is 5.65 Å². The van der Waals surface area contributed by atoms with Crippen LogP contribution in [-0.2, 0) is 4.74 Å². The van der Waals surface area contributed by atoms with Gasteiger partial charge in [-0.25, -0.2) is 4.98 Å². The Balaban J connectivity index is 1.81. The molecule has 94 valence electrons. The number of pyridine rings is 1. The quantitative estimate of drug-likeness (QED) is 0.885. The van der Waals surface area contributed by atoms with Crippen molar-refractivity contribution in [1.29, 1.82) is 0 Å². The summed E-state index contributed by atoms with van der Waals surface area (Å²) in [6.45, 7) is 1.54. The van der Waals surface area contributed by atoms with Crippen LogP contribution in [0.5, 0.6) is 0 Å². The predicted molar refractivity (Wildman–Crippen MR) is 68.9 cm³/mol. The van der Waals surface area contributed by atoms with E-state index in [2.05, 4.69) is 10.3 Å². The van der Waals surface area contributed by atoms with Crippen molar-refractivity contribution in [1.82, 2.24) is 9.38 Å². The molecule has 1 N–H and O–H groups in total. The van der Waals surface area contributed by atoms with Gasteiger partial charge in [-0.1, -0.05) is 6.07 Å². The Kier molecular flexibility index (Phi) is 2.98. The van der Waals surface area contributed by atoms with E-state index in [0.29, 0.717) is 18.0 Å². The van der Waals surface area contributed by atoms with Crippen LogP contribution in [0.15, 0.2) is 35.3 Å². The summed E-state index contributed by atoms with van der Waals surface area (Å²) in [5, 5.41) is 3.17. The summed E-state index contributed by atoms with van der Waals surface area (Å²) in [6.07, 6.45) is 4.13. The molecule has 3 rings (SSSR count). The Hall–Kier alpha value is -1.88. The van der Waals surface area contributed by atoms with E-state index in [4.69, 9.17) is 4.74 Å². The lowest BCUT2D eigenvalue weighted by Gasteiger charge is -2.11. The number of aromatic nitrogens is 2. The highest BCUT2D eigenvalue weighted by molar-refractivity contribution is 5.46. The van der Waals surface area contributed by atoms with Crippen molar-refractivity contribution in [2.75, 3.05) is 18.5 Å². The molecule has 0 amide bonds. The number of fused-ring (bicyclic) bond motifs is 1. The minimum absolute atomic E-state index is 0.0737. The Morgan fingerprint density at radius 3 is 3.28 bits per heavy atom. The molecule has 1 atom stereocenters. The molecule has 1 fully saturated rings. The Morgan fingerprint density at radius 1 is 1.50 bits per heavy atom. The molecule has 0 spiro atoms. The van der Waals surface area contributed by atoms with Gasteiger partial charge in [0.25, 0.3) is 5.56 Å². The Labute approximate surface area is 104 Å². The van der Waals surface area contributed by atoms with E-state index >= 15 is 0 Å². The van der Waals surface area contributed by atoms with Gasteiger partial charge < -0.3 is 10.1 Å². The first-order chi connectivity index (χ1) is 8.83. The predicted octanol–water partition coefficient (Wildman–Crippen LogP) is 1.29. The van der Waals surface area contributed by atoms with Crippen molar-refractivity contribution >= 4 is 11.5 Å². The van der Waals surface area contributed by atoms with E-state index in [9.17, 15) is 4.79 Å². The number of anilines is 1. The lowest BCUT2D eigenvalue weighted by atomic mass is 10.2. The van der Waals surface area contributed by atoms with Gasteiger partial charge in [0.1, 0.15) is 11.5 Å². The van der Waals surface area contributed by atoms with Gasteiger partial charge in [0.15, 0.2) is 0 Å². The van der Waals surface area contributed by atoms with Gasteiger partial charge in [0, 0.05) is 25.4 Å². The smallest absolute Gasteiger partial charge is 0.259 e. The fraction of sp³-hybridized carbons (Fsp3) is 0.385. The van der Waals surface area contributed by atoms with Crippen LogP contribution in [0.1, 0.15) is 12.8 Å². The second-order valence-corrected chi connectivity index (χ2v) is 4.42. The van der Waals surface area contributed by atoms with Crippen molar-refractivity contribution in [2.45, 2.75) is 18.9 Å². The first kappa shape index (κ1) is 11.2. The van der Waals surface area contributed by atoms with E-state index in [1.54, 1.807) is 6.20 Å². The highest BCUT2D eigenvalue weighted by Gasteiger charge is 2.15. The summed E-state index contributed by atoms with van der Waals surface area (Å²) in [5.41, 5.74) is 0.579. The minimum atomic E-state index is -0.0737. The molecule has 0 saturated carbocycles. The SMILES string of the molecule is O=c1cc(NCC2CCCO2)nc2ccccn12. The molecular formula is C13H15N3O2. The van der Waals surface area contributed by atoms with Crippen molar-refractivity contribution < 1.29 is 4.74 Å². The van der Waals surface area contributed by atoms with Gasteiger partial charge in [-0.2, -0.15) is 0 Å². The lowest BCUT2D eigenvalue weighted by Crippen LogP contribution is -2.21. The molecular weight excluding hydrogens is 230 g/mol. The average Bonchev–Trinajstić information content (AvgIpc) is 2.90. The first-order valence-corrected chi connectivity index (χ1v) is 6.17. The molecule has 5 heteroatoms. The summed E-state index contributed by atoms with van der Waals surface area (Å²) in [7, 11) is 0. The van der Waals surface area contributed by atoms with Gasteiger partial charge in [-0.05, 0) is 25.0 Å². The maximum atomic E-state index is 11.8. The average molecular weight is 245 g/mol. The molecule has 1 saturated heterocycles. The molecule has 1 aliphatic heterocycles. The Morgan fingerprint density at radius 2 is 2.44 bits per heavy atom. The van der Waals surface area contributed by atoms with Crippen LogP contribution in [-0.4, -0.2) is 28.6 Å². The molecule has 0 aliphatic carbocycles. The zero-order valence-corrected chi connectivity index (χ0v) is 10.0. The molecule has 1 aliphatic rings. The molecule has 0 aromatic carbocycles. The topological polar surface area (TPSA) is 55.6 Å². The van der Waals surface area contributed by atoms with E-state index < -0.39 is 0 Å². The summed E-state index contributed by atoms with van der Waals surface area (Å²) in [6, 6.07) is 7.02. The molecule has 2 aromatic heterocycles. The van der Waals surface area contributed by atoms with Crippen molar-refractivity contribution in [3.63, 3.8) is 0 Å². The molecule has 2 aromatic rings. The molecule has 5 nitrogen and oxygen atoms in total. The van der Waals surface area contributed by atoms with Crippen LogP contribution in [0.2, 0.25) is 0 Å². The Bertz CT molecular complexity index is 602. The number of nitrogens with zero attached hydrogens (tertiary/aromatic N) is 2. The zero-order chi connectivity index (χ0) is 12.4. The summed E-state index contributed by atoms with van der Waals surface area (Å²) in [5.74, 6) is 0.613. The fourth-order valence-electron chi connectivity index (χ4n) is 2.17. The fourth-order valence-corrected chi connectivity index (χ4v) is 2.17. The number of ether oxygens (including phenoxy) is 1. The van der Waals surface area contributed by atoms with Crippen LogP contribution in [0.3, 0.4) is 0 Å². The maximum absolute atomic E-state index is 11.8. The second kappa shape index (κ2) is 4.78. The van der Waals surface area contributed by atoms with Gasteiger partial charge >= 0.3 is 0 Å². The van der Waals surface area contributed by atoms with E-state index in [1.807, 2.05) is 18.2 Å². The van der Waals surface area contributed by atoms with Crippen molar-refractivity contribution in [3.05, 3.63) is 40.8 Å². The highest BCUT2D eigenvalue weighted by Crippen LogP contribution is 2.12. The number of hydrogen-bond donors (Lipinski definition) is 1. The lowest BCUT2D eigenvalue weighted by molar-refractivity contribution is 0.120. The van der Waals surface area contributed by atoms with Gasteiger partial charge in [0.05, 0.1) is 6.10 Å². The van der Waals surface area contributed by atoms with E-state index in [1.165, 1.54) is 10.5 Å². The van der Waals surface area contributed by atoms with Gasteiger partial charge in [0.2, 0.25) is 0 Å². The second-order valence-electron chi connectivity index (χ2n) is 4.42. The third kappa shape index (κ3) is 2.22. The van der Waals surface area contributed by atoms with E-state index in [0.717, 1.165) is 19.4 Å². The minimum Gasteiger partial charge on any atom is -0.376 e. The number of hydrogen-bond acceptors (Lipinski definition) is 4. The third-order valence-corrected chi connectivity index (χ3v) is 3.11. The summed E-state index contributed by atoms with van der Waals surface area (Å²) >= 11 is 0. The highest BCUT2D eigenvalue weighted by atomic mass is 16.5. The van der Waals surface area contributed by atoms with Crippen molar-refractivity contribution in [2.24, 2.45) is 0 Å². The molecule has 1 unspecified atom stereocenters. The zero-order valence-electron chi connectivity index (χ0n) is 10.0. The molecule has 0 radical (unpaired) electrons. The van der Waals surface area contributed by atoms with Crippen LogP contribution in [0, 0.1) is 0 Å². The third-order valence-electron chi connectivity index (χ3n) is 3.11. The molecule has 18 heavy (non-hydrogen) atoms. The van der Waals surface area contributed by atoms with Crippen LogP contribution < -0.4 is 10.9 Å². The first-order valence-electron chi connectivity index (χ1n) is 6.17. The van der Waals surface area contributed by atoms with E-state index in [-0.39, 0.29) is 11.7 Å². The van der Waals surface area contributed by atoms with Gasteiger partial charge in [-0.3, -0.25) is 9.20 Å². The summed E-state index contributed by atoms with van der Waals surface area (Å²) in [4.78, 5) is 16.2. The number of nitrogens with one attached hydrogen (secondary N) is 1.